The van der Waals surface area contributed by atoms with Crippen LogP contribution in [0.1, 0.15) is 0 Å². The third-order valence-electron chi connectivity index (χ3n) is 14.6. The molecule has 0 saturated carbocycles. The molecule has 0 aliphatic carbocycles. The molecule has 3 heterocycles. The fourth-order valence-corrected chi connectivity index (χ4v) is 11.3. The van der Waals surface area contributed by atoms with Gasteiger partial charge in [-0.05, 0) is 123 Å². The van der Waals surface area contributed by atoms with Gasteiger partial charge in [-0.2, -0.15) is 0 Å². The van der Waals surface area contributed by atoms with E-state index in [2.05, 4.69) is 234 Å². The van der Waals surface area contributed by atoms with Crippen LogP contribution in [0.15, 0.2) is 264 Å². The van der Waals surface area contributed by atoms with Crippen LogP contribution in [0.4, 0.5) is 34.1 Å². The Kier molecular flexibility index (Phi) is 9.19. The van der Waals surface area contributed by atoms with E-state index < -0.39 is 0 Å². The van der Waals surface area contributed by atoms with Crippen molar-refractivity contribution < 1.29 is 13.6 Å². The third kappa shape index (κ3) is 6.56. The Bertz CT molecular complexity index is 4480. The Balaban J connectivity index is 0.822. The molecule has 0 saturated heterocycles. The number of furan rings is 2. The van der Waals surface area contributed by atoms with Gasteiger partial charge in [0.05, 0.1) is 22.7 Å². The molecular formula is C68H42N2O3. The molecule has 5 heteroatoms. The van der Waals surface area contributed by atoms with Crippen molar-refractivity contribution in [2.45, 2.75) is 0 Å². The van der Waals surface area contributed by atoms with E-state index in [0.29, 0.717) is 0 Å². The number of nitrogens with zero attached hydrogens (tertiary/aromatic N) is 2. The van der Waals surface area contributed by atoms with Gasteiger partial charge in [-0.3, -0.25) is 0 Å². The van der Waals surface area contributed by atoms with Gasteiger partial charge in [-0.25, -0.2) is 0 Å². The zero-order chi connectivity index (χ0) is 48.0. The first-order valence-electron chi connectivity index (χ1n) is 24.7. The third-order valence-corrected chi connectivity index (χ3v) is 14.6. The summed E-state index contributed by atoms with van der Waals surface area (Å²) in [5.74, 6) is 1.65. The average Bonchev–Trinajstić information content (AvgIpc) is 4.05. The van der Waals surface area contributed by atoms with Gasteiger partial charge in [-0.15, -0.1) is 0 Å². The fraction of sp³-hybridized carbons (Fsp3) is 0. The molecule has 1 aliphatic heterocycles. The van der Waals surface area contributed by atoms with Crippen LogP contribution in [-0.2, 0) is 0 Å². The molecule has 2 aromatic heterocycles. The number of fused-ring (bicyclic) bond motifs is 10. The van der Waals surface area contributed by atoms with E-state index in [4.69, 9.17) is 13.6 Å². The van der Waals surface area contributed by atoms with Crippen LogP contribution >= 0.6 is 0 Å². The molecule has 342 valence electrons. The molecule has 0 fully saturated rings. The second-order valence-electron chi connectivity index (χ2n) is 18.8. The average molecular weight is 935 g/mol. The molecule has 0 spiro atoms. The molecule has 0 amide bonds. The monoisotopic (exact) mass is 934 g/mol. The predicted molar refractivity (Wildman–Crippen MR) is 302 cm³/mol. The van der Waals surface area contributed by atoms with E-state index in [1.165, 1.54) is 10.8 Å². The predicted octanol–water partition coefficient (Wildman–Crippen LogP) is 19.8. The molecule has 0 unspecified atom stereocenters. The smallest absolute Gasteiger partial charge is 0.159 e. The summed E-state index contributed by atoms with van der Waals surface area (Å²) < 4.78 is 20.2. The van der Waals surface area contributed by atoms with Crippen LogP contribution in [0.2, 0.25) is 0 Å². The zero-order valence-electron chi connectivity index (χ0n) is 39.4. The van der Waals surface area contributed by atoms with Crippen LogP contribution in [0.25, 0.3) is 98.8 Å². The van der Waals surface area contributed by atoms with Crippen molar-refractivity contribution in [1.29, 1.82) is 0 Å². The highest BCUT2D eigenvalue weighted by atomic mass is 16.5. The van der Waals surface area contributed by atoms with Crippen LogP contribution in [0, 0.1) is 0 Å². The number of hydrogen-bond acceptors (Lipinski definition) is 5. The highest BCUT2D eigenvalue weighted by molar-refractivity contribution is 6.18. The van der Waals surface area contributed by atoms with E-state index in [9.17, 15) is 0 Å². The van der Waals surface area contributed by atoms with Crippen molar-refractivity contribution >= 4 is 99.5 Å². The summed E-state index contributed by atoms with van der Waals surface area (Å²) in [4.78, 5) is 4.61. The van der Waals surface area contributed by atoms with Gasteiger partial charge in [0, 0.05) is 55.5 Å². The van der Waals surface area contributed by atoms with Crippen molar-refractivity contribution in [2.24, 2.45) is 0 Å². The SMILES string of the molecule is c1ccc(-c2ccccc2N(c2ccc(-c3ccc4cc5c6c(cccc6c4c3)Oc3cc(N(c4ccccc4)c4cccc6c4oc4ccccc46)ccc3-5)cc2)c2cccc3c2oc2ccccc23)cc1. The number of rotatable bonds is 8. The lowest BCUT2D eigenvalue weighted by Crippen LogP contribution is -2.11. The normalized spacial score (nSPS) is 11.9. The second-order valence-corrected chi connectivity index (χ2v) is 18.8. The number of para-hydroxylation sites is 6. The van der Waals surface area contributed by atoms with Crippen molar-refractivity contribution in [3.05, 3.63) is 255 Å². The lowest BCUT2D eigenvalue weighted by molar-refractivity contribution is 0.487. The molecule has 1 aliphatic rings. The molecule has 0 N–H and O–H groups in total. The van der Waals surface area contributed by atoms with E-state index in [1.54, 1.807) is 0 Å². The lowest BCUT2D eigenvalue weighted by atomic mass is 9.89. The summed E-state index contributed by atoms with van der Waals surface area (Å²) in [6.45, 7) is 0. The van der Waals surface area contributed by atoms with Gasteiger partial charge in [0.1, 0.15) is 22.7 Å². The van der Waals surface area contributed by atoms with Gasteiger partial charge in [0.15, 0.2) is 11.2 Å². The lowest BCUT2D eigenvalue weighted by Gasteiger charge is -2.28. The maximum atomic E-state index is 6.94. The number of hydrogen-bond donors (Lipinski definition) is 0. The van der Waals surface area contributed by atoms with Crippen LogP contribution in [0.5, 0.6) is 11.5 Å². The molecule has 0 bridgehead atoms. The summed E-state index contributed by atoms with van der Waals surface area (Å²) >= 11 is 0. The van der Waals surface area contributed by atoms with E-state index >= 15 is 0 Å². The highest BCUT2D eigenvalue weighted by Gasteiger charge is 2.26. The quantitative estimate of drug-likeness (QED) is 0.142. The Labute approximate surface area is 420 Å². The van der Waals surface area contributed by atoms with E-state index in [0.717, 1.165) is 134 Å². The maximum absolute atomic E-state index is 6.94. The molecule has 0 radical (unpaired) electrons. The van der Waals surface area contributed by atoms with Crippen molar-refractivity contribution in [2.75, 3.05) is 9.80 Å². The first kappa shape index (κ1) is 41.0. The number of ether oxygens (including phenoxy) is 1. The molecule has 14 aromatic rings. The summed E-state index contributed by atoms with van der Waals surface area (Å²) in [6.07, 6.45) is 0. The van der Waals surface area contributed by atoms with Gasteiger partial charge < -0.3 is 23.4 Å². The molecular weight excluding hydrogens is 893 g/mol. The first-order chi connectivity index (χ1) is 36.2. The molecule has 5 nitrogen and oxygen atoms in total. The van der Waals surface area contributed by atoms with Crippen LogP contribution < -0.4 is 14.5 Å². The van der Waals surface area contributed by atoms with E-state index in [1.807, 2.05) is 30.3 Å². The van der Waals surface area contributed by atoms with Gasteiger partial charge in [0.2, 0.25) is 0 Å². The van der Waals surface area contributed by atoms with Gasteiger partial charge >= 0.3 is 0 Å². The number of anilines is 6. The molecule has 0 atom stereocenters. The van der Waals surface area contributed by atoms with Crippen LogP contribution in [0.3, 0.4) is 0 Å². The fourth-order valence-electron chi connectivity index (χ4n) is 11.3. The van der Waals surface area contributed by atoms with Crippen molar-refractivity contribution in [3.8, 4) is 44.9 Å². The summed E-state index contributed by atoms with van der Waals surface area (Å²) in [7, 11) is 0. The minimum Gasteiger partial charge on any atom is -0.456 e. The molecule has 12 aromatic carbocycles. The van der Waals surface area contributed by atoms with Gasteiger partial charge in [0.25, 0.3) is 0 Å². The first-order valence-corrected chi connectivity index (χ1v) is 24.7. The van der Waals surface area contributed by atoms with E-state index in [-0.39, 0.29) is 0 Å². The Morgan fingerprint density at radius 2 is 0.836 bits per heavy atom. The standard InChI is InChI=1S/C68H42N2O3/c1-3-16-44(17-4-1)50-20-7-10-26-59(50)70(61-28-14-25-56-52-22-9-12-30-63(52)73-68(56)61)48-36-34-43(35-37-48)45-32-33-46-41-58-53-39-38-49(42-65(53)71-64-31-15-23-54(66(58)64)57(46)40-45)69(47-18-5-2-6-19-47)60-27-13-24-55-51-21-8-11-29-62(51)72-67(55)60/h1-42H. The zero-order valence-corrected chi connectivity index (χ0v) is 39.4. The minimum absolute atomic E-state index is 0.809. The maximum Gasteiger partial charge on any atom is 0.159 e. The summed E-state index contributed by atoms with van der Waals surface area (Å²) in [6, 6.07) is 90.2. The minimum atomic E-state index is 0.809. The second kappa shape index (κ2) is 16.4. The van der Waals surface area contributed by atoms with Crippen molar-refractivity contribution in [3.63, 3.8) is 0 Å². The summed E-state index contributed by atoms with van der Waals surface area (Å²) in [5, 5.41) is 8.98. The largest absolute Gasteiger partial charge is 0.456 e. The van der Waals surface area contributed by atoms with Crippen molar-refractivity contribution in [1.82, 2.24) is 0 Å². The van der Waals surface area contributed by atoms with Crippen LogP contribution in [-0.4, -0.2) is 0 Å². The Morgan fingerprint density at radius 1 is 0.274 bits per heavy atom. The Morgan fingerprint density at radius 3 is 1.58 bits per heavy atom. The number of benzene rings is 12. The molecule has 15 rings (SSSR count). The summed E-state index contributed by atoms with van der Waals surface area (Å²) in [5.41, 5.74) is 16.2. The Hall–Kier alpha value is -9.84. The van der Waals surface area contributed by atoms with Gasteiger partial charge in [-0.1, -0.05) is 164 Å². The molecule has 73 heavy (non-hydrogen) atoms. The topological polar surface area (TPSA) is 42.0 Å². The highest BCUT2D eigenvalue weighted by Crippen LogP contribution is 2.52.